The summed E-state index contributed by atoms with van der Waals surface area (Å²) in [7, 11) is -6.25. The Balaban J connectivity index is 1.68. The van der Waals surface area contributed by atoms with Gasteiger partial charge in [-0.15, -0.1) is 0 Å². The summed E-state index contributed by atoms with van der Waals surface area (Å²) in [5.74, 6) is -0.562. The van der Waals surface area contributed by atoms with Gasteiger partial charge >= 0.3 is 0 Å². The van der Waals surface area contributed by atoms with E-state index < -0.39 is 38.1 Å². The molecule has 0 fully saturated rings. The lowest BCUT2D eigenvalue weighted by Gasteiger charge is -2.38. The number of nitrogens with one attached hydrogen (secondary N) is 1. The van der Waals surface area contributed by atoms with Crippen molar-refractivity contribution in [2.75, 3.05) is 31.5 Å². The van der Waals surface area contributed by atoms with Gasteiger partial charge in [0.25, 0.3) is 15.9 Å². The van der Waals surface area contributed by atoms with Crippen LogP contribution in [0.5, 0.6) is 5.75 Å². The van der Waals surface area contributed by atoms with Crippen molar-refractivity contribution in [1.29, 1.82) is 0 Å². The molecular formula is C28H33N3O7S2. The van der Waals surface area contributed by atoms with Gasteiger partial charge < -0.3 is 14.7 Å². The Morgan fingerprint density at radius 2 is 1.60 bits per heavy atom. The van der Waals surface area contributed by atoms with Crippen LogP contribution in [0.1, 0.15) is 24.2 Å². The highest BCUT2D eigenvalue weighted by Crippen LogP contribution is 2.32. The first-order valence-electron chi connectivity index (χ1n) is 12.8. The Hall–Kier alpha value is -3.45. The molecule has 0 aliphatic carbocycles. The second kappa shape index (κ2) is 12.0. The molecule has 0 saturated heterocycles. The number of sulfonamides is 2. The van der Waals surface area contributed by atoms with E-state index in [9.17, 15) is 26.7 Å². The fraction of sp³-hybridized carbons (Fsp3) is 0.321. The Bertz CT molecular complexity index is 1550. The Morgan fingerprint density at radius 3 is 2.20 bits per heavy atom. The van der Waals surface area contributed by atoms with Gasteiger partial charge in [0.1, 0.15) is 11.9 Å². The number of ether oxygens (including phenoxy) is 1. The number of anilines is 1. The number of amides is 1. The van der Waals surface area contributed by atoms with Crippen LogP contribution in [0, 0.1) is 5.92 Å². The fourth-order valence-corrected chi connectivity index (χ4v) is 6.72. The fourth-order valence-electron chi connectivity index (χ4n) is 4.44. The highest BCUT2D eigenvalue weighted by molar-refractivity contribution is 7.92. The van der Waals surface area contributed by atoms with Crippen molar-refractivity contribution in [3.05, 3.63) is 84.4 Å². The second-order valence-corrected chi connectivity index (χ2v) is 13.6. The molecule has 1 heterocycles. The first kappa shape index (κ1) is 29.5. The van der Waals surface area contributed by atoms with Crippen molar-refractivity contribution in [2.45, 2.75) is 35.8 Å². The molecule has 214 valence electrons. The van der Waals surface area contributed by atoms with E-state index in [-0.39, 0.29) is 52.4 Å². The number of hydrogen-bond acceptors (Lipinski definition) is 7. The summed E-state index contributed by atoms with van der Waals surface area (Å²) in [5, 5.41) is 9.87. The lowest BCUT2D eigenvalue weighted by Crippen LogP contribution is -2.50. The molecule has 0 radical (unpaired) electrons. The number of rotatable bonds is 9. The van der Waals surface area contributed by atoms with Crippen molar-refractivity contribution in [3.8, 4) is 5.75 Å². The van der Waals surface area contributed by atoms with Crippen molar-refractivity contribution in [2.24, 2.45) is 5.92 Å². The van der Waals surface area contributed by atoms with Gasteiger partial charge in [-0.2, -0.15) is 4.31 Å². The smallest absolute Gasteiger partial charge is 0.261 e. The third-order valence-electron chi connectivity index (χ3n) is 6.86. The number of carbonyl (C=O) groups is 1. The van der Waals surface area contributed by atoms with E-state index >= 15 is 0 Å². The monoisotopic (exact) mass is 587 g/mol. The van der Waals surface area contributed by atoms with Crippen LogP contribution in [0.3, 0.4) is 0 Å². The summed E-state index contributed by atoms with van der Waals surface area (Å²) in [6.45, 7) is 3.45. The van der Waals surface area contributed by atoms with Crippen LogP contribution < -0.4 is 9.46 Å². The van der Waals surface area contributed by atoms with Crippen molar-refractivity contribution >= 4 is 31.6 Å². The minimum absolute atomic E-state index is 0.00421. The second-order valence-electron chi connectivity index (χ2n) is 9.85. The van der Waals surface area contributed by atoms with E-state index in [4.69, 9.17) is 4.74 Å². The molecule has 1 amide bonds. The Morgan fingerprint density at radius 1 is 1.00 bits per heavy atom. The molecule has 2 N–H and O–H groups in total. The zero-order valence-electron chi connectivity index (χ0n) is 22.5. The Kier molecular flexibility index (Phi) is 8.83. The molecule has 0 unspecified atom stereocenters. The van der Waals surface area contributed by atoms with Crippen LogP contribution in [0.4, 0.5) is 5.69 Å². The average molecular weight is 588 g/mol. The average Bonchev–Trinajstić information content (AvgIpc) is 2.95. The predicted molar refractivity (Wildman–Crippen MR) is 151 cm³/mol. The van der Waals surface area contributed by atoms with Crippen LogP contribution in [-0.4, -0.2) is 75.9 Å². The molecule has 0 bridgehead atoms. The van der Waals surface area contributed by atoms with Crippen LogP contribution in [-0.2, 0) is 20.0 Å². The topological polar surface area (TPSA) is 133 Å². The summed E-state index contributed by atoms with van der Waals surface area (Å²) in [5.41, 5.74) is 0.254. The number of fused-ring (bicyclic) bond motifs is 1. The molecular weight excluding hydrogens is 554 g/mol. The molecule has 1 aliphatic heterocycles. The molecule has 3 aromatic rings. The minimum atomic E-state index is -3.92. The van der Waals surface area contributed by atoms with E-state index in [0.717, 1.165) is 0 Å². The molecule has 0 saturated carbocycles. The summed E-state index contributed by atoms with van der Waals surface area (Å²) >= 11 is 0. The summed E-state index contributed by atoms with van der Waals surface area (Å²) in [6, 6.07) is 19.7. The van der Waals surface area contributed by atoms with Gasteiger partial charge in [-0.25, -0.2) is 16.8 Å². The van der Waals surface area contributed by atoms with E-state index in [2.05, 4.69) is 4.72 Å². The number of likely N-dealkylation sites (N-methyl/N-ethyl adjacent to an activating group) is 1. The molecule has 1 aliphatic rings. The van der Waals surface area contributed by atoms with Crippen LogP contribution >= 0.6 is 0 Å². The summed E-state index contributed by atoms with van der Waals surface area (Å²) in [6.07, 6.45) is -0.657. The van der Waals surface area contributed by atoms with Gasteiger partial charge in [-0.3, -0.25) is 9.52 Å². The highest BCUT2D eigenvalue weighted by Gasteiger charge is 2.35. The lowest BCUT2D eigenvalue weighted by atomic mass is 9.99. The van der Waals surface area contributed by atoms with Gasteiger partial charge in [0, 0.05) is 25.2 Å². The van der Waals surface area contributed by atoms with E-state index in [1.54, 1.807) is 43.3 Å². The maximum Gasteiger partial charge on any atom is 0.261 e. The first-order valence-corrected chi connectivity index (χ1v) is 15.7. The molecule has 12 heteroatoms. The molecule has 0 aromatic heterocycles. The van der Waals surface area contributed by atoms with Gasteiger partial charge in [0.15, 0.2) is 0 Å². The highest BCUT2D eigenvalue weighted by atomic mass is 32.2. The minimum Gasteiger partial charge on any atom is -0.488 e. The number of carbonyl (C=O) groups excluding carboxylic acids is 1. The van der Waals surface area contributed by atoms with Crippen molar-refractivity contribution in [3.63, 3.8) is 0 Å². The third-order valence-corrected chi connectivity index (χ3v) is 10.1. The quantitative estimate of drug-likeness (QED) is 0.393. The predicted octanol–water partition coefficient (Wildman–Crippen LogP) is 3.03. The lowest BCUT2D eigenvalue weighted by molar-refractivity contribution is 0.0387. The van der Waals surface area contributed by atoms with Crippen molar-refractivity contribution in [1.82, 2.24) is 9.21 Å². The normalized spacial score (nSPS) is 18.8. The number of aliphatic hydroxyl groups excluding tert-OH is 1. The zero-order valence-corrected chi connectivity index (χ0v) is 24.1. The molecule has 0 spiro atoms. The summed E-state index contributed by atoms with van der Waals surface area (Å²) in [4.78, 5) is 15.4. The van der Waals surface area contributed by atoms with Gasteiger partial charge in [-0.05, 0) is 49.4 Å². The van der Waals surface area contributed by atoms with E-state index in [1.807, 2.05) is 6.92 Å². The van der Waals surface area contributed by atoms with E-state index in [0.29, 0.717) is 0 Å². The number of aliphatic hydroxyl groups is 1. The van der Waals surface area contributed by atoms with Crippen LogP contribution in [0.25, 0.3) is 0 Å². The van der Waals surface area contributed by atoms with Crippen molar-refractivity contribution < 1.29 is 31.5 Å². The standard InChI is InChI=1S/C28H33N3O7S2/c1-20-17-31(21(2)19-32)28(33)25-16-22(29-39(34,35)23-10-6-4-7-11-23)14-15-26(25)38-27(20)18-30(3)40(36,37)24-12-8-5-9-13-24/h4-16,20-21,27,29,32H,17-19H2,1-3H3/t20-,21-,27-/m0/s1. The van der Waals surface area contributed by atoms with Gasteiger partial charge in [0.05, 0.1) is 34.5 Å². The SMILES string of the molecule is C[C@H]1CN([C@@H](C)CO)C(=O)c2cc(NS(=O)(=O)c3ccccc3)ccc2O[C@H]1CN(C)S(=O)(=O)c1ccccc1. The number of hydrogen-bond donors (Lipinski definition) is 2. The molecule has 40 heavy (non-hydrogen) atoms. The zero-order chi connectivity index (χ0) is 29.1. The maximum absolute atomic E-state index is 13.6. The van der Waals surface area contributed by atoms with Crippen LogP contribution in [0.2, 0.25) is 0 Å². The summed E-state index contributed by atoms with van der Waals surface area (Å²) < 4.78 is 62.1. The first-order chi connectivity index (χ1) is 18.9. The van der Waals surface area contributed by atoms with Gasteiger partial charge in [0.2, 0.25) is 10.0 Å². The maximum atomic E-state index is 13.6. The number of nitrogens with zero attached hydrogens (tertiary/aromatic N) is 2. The molecule has 3 atom stereocenters. The van der Waals surface area contributed by atoms with E-state index in [1.165, 1.54) is 58.7 Å². The van der Waals surface area contributed by atoms with Gasteiger partial charge in [-0.1, -0.05) is 43.3 Å². The van der Waals surface area contributed by atoms with Crippen LogP contribution in [0.15, 0.2) is 88.7 Å². The Labute approximate surface area is 235 Å². The third kappa shape index (κ3) is 6.30. The molecule has 4 rings (SSSR count). The number of benzene rings is 3. The molecule has 10 nitrogen and oxygen atoms in total. The molecule has 3 aromatic carbocycles. The largest absolute Gasteiger partial charge is 0.488 e.